The van der Waals surface area contributed by atoms with Gasteiger partial charge in [-0.05, 0) is 18.2 Å². The van der Waals surface area contributed by atoms with Crippen LogP contribution in [0, 0.1) is 0 Å². The molecule has 0 unspecified atom stereocenters. The predicted molar refractivity (Wildman–Crippen MR) is 47.1 cm³/mol. The first-order valence-electron chi connectivity index (χ1n) is 3.77. The summed E-state index contributed by atoms with van der Waals surface area (Å²) in [7, 11) is 0. The van der Waals surface area contributed by atoms with Gasteiger partial charge in [0.2, 0.25) is 0 Å². The molecule has 0 amide bonds. The number of ketones is 1. The van der Waals surface area contributed by atoms with E-state index in [0.29, 0.717) is 17.7 Å². The summed E-state index contributed by atoms with van der Waals surface area (Å²) < 4.78 is 0. The lowest BCUT2D eigenvalue weighted by Crippen LogP contribution is -2.01. The minimum absolute atomic E-state index is 0.0524. The number of anilines is 1. The zero-order chi connectivity index (χ0) is 9.14. The fraction of sp³-hybridized carbons (Fsp3) is 0.222. The summed E-state index contributed by atoms with van der Waals surface area (Å²) in [6.45, 7) is 1.76. The highest BCUT2D eigenvalue weighted by molar-refractivity contribution is 6.00. The number of nitrogens with two attached hydrogens (primary N) is 1. The molecule has 1 rings (SSSR count). The van der Waals surface area contributed by atoms with Crippen LogP contribution in [0.2, 0.25) is 0 Å². The second-order valence-corrected chi connectivity index (χ2v) is 2.55. The molecule has 0 bridgehead atoms. The number of nitrogen functional groups attached to an aromatic ring is 1. The molecule has 0 spiro atoms. The van der Waals surface area contributed by atoms with Crippen LogP contribution in [-0.4, -0.2) is 10.9 Å². The molecule has 0 atom stereocenters. The number of benzene rings is 1. The maximum Gasteiger partial charge on any atom is 0.164 e. The van der Waals surface area contributed by atoms with E-state index in [0.717, 1.165) is 0 Å². The zero-order valence-corrected chi connectivity index (χ0v) is 6.87. The van der Waals surface area contributed by atoms with Crippen LogP contribution in [0.4, 0.5) is 5.69 Å². The summed E-state index contributed by atoms with van der Waals surface area (Å²) in [5, 5.41) is 9.07. The fourth-order valence-corrected chi connectivity index (χ4v) is 0.976. The van der Waals surface area contributed by atoms with Gasteiger partial charge in [-0.3, -0.25) is 4.79 Å². The van der Waals surface area contributed by atoms with Crippen LogP contribution in [0.15, 0.2) is 18.2 Å². The van der Waals surface area contributed by atoms with Gasteiger partial charge in [-0.2, -0.15) is 0 Å². The Morgan fingerprint density at radius 3 is 2.83 bits per heavy atom. The van der Waals surface area contributed by atoms with Crippen molar-refractivity contribution in [2.75, 3.05) is 5.73 Å². The first-order valence-corrected chi connectivity index (χ1v) is 3.77. The molecule has 3 N–H and O–H groups in total. The smallest absolute Gasteiger partial charge is 0.164 e. The standard InChI is InChI=1S/C9H11NO2/c1-2-9(12)7-5-6(11)3-4-8(7)10/h3-5,11H,2,10H2,1H3. The van der Waals surface area contributed by atoms with Crippen molar-refractivity contribution in [1.82, 2.24) is 0 Å². The van der Waals surface area contributed by atoms with Crippen LogP contribution < -0.4 is 5.73 Å². The van der Waals surface area contributed by atoms with Crippen molar-refractivity contribution in [3.05, 3.63) is 23.8 Å². The number of hydrogen-bond donors (Lipinski definition) is 2. The van der Waals surface area contributed by atoms with Crippen LogP contribution >= 0.6 is 0 Å². The molecule has 3 nitrogen and oxygen atoms in total. The Labute approximate surface area is 70.8 Å². The van der Waals surface area contributed by atoms with Gasteiger partial charge in [0.15, 0.2) is 5.78 Å². The molecule has 0 radical (unpaired) electrons. The van der Waals surface area contributed by atoms with E-state index in [2.05, 4.69) is 0 Å². The van der Waals surface area contributed by atoms with E-state index >= 15 is 0 Å². The maximum absolute atomic E-state index is 11.2. The topological polar surface area (TPSA) is 63.3 Å². The van der Waals surface area contributed by atoms with E-state index in [1.54, 1.807) is 6.92 Å². The van der Waals surface area contributed by atoms with Crippen LogP contribution in [0.5, 0.6) is 5.75 Å². The van der Waals surface area contributed by atoms with Crippen LogP contribution in [-0.2, 0) is 0 Å². The molecular weight excluding hydrogens is 154 g/mol. The van der Waals surface area contributed by atoms with E-state index in [4.69, 9.17) is 10.8 Å². The third-order valence-electron chi connectivity index (χ3n) is 1.66. The second-order valence-electron chi connectivity index (χ2n) is 2.55. The Bertz CT molecular complexity index is 307. The number of phenolic OH excluding ortho intramolecular Hbond substituents is 1. The highest BCUT2D eigenvalue weighted by Gasteiger charge is 2.07. The monoisotopic (exact) mass is 165 g/mol. The van der Waals surface area contributed by atoms with Crippen molar-refractivity contribution in [3.63, 3.8) is 0 Å². The molecule has 0 aliphatic heterocycles. The molecule has 0 saturated carbocycles. The van der Waals surface area contributed by atoms with Gasteiger partial charge >= 0.3 is 0 Å². The Morgan fingerprint density at radius 2 is 2.25 bits per heavy atom. The second kappa shape index (κ2) is 3.26. The van der Waals surface area contributed by atoms with E-state index in [9.17, 15) is 4.79 Å². The molecule has 1 aromatic rings. The van der Waals surface area contributed by atoms with Gasteiger partial charge in [0.05, 0.1) is 0 Å². The van der Waals surface area contributed by atoms with Crippen molar-refractivity contribution < 1.29 is 9.90 Å². The van der Waals surface area contributed by atoms with E-state index in [-0.39, 0.29) is 11.5 Å². The Morgan fingerprint density at radius 1 is 1.58 bits per heavy atom. The lowest BCUT2D eigenvalue weighted by molar-refractivity contribution is 0.0988. The third-order valence-corrected chi connectivity index (χ3v) is 1.66. The lowest BCUT2D eigenvalue weighted by atomic mass is 10.1. The number of carbonyl (C=O) groups excluding carboxylic acids is 1. The first kappa shape index (κ1) is 8.59. The van der Waals surface area contributed by atoms with E-state index in [1.165, 1.54) is 18.2 Å². The van der Waals surface area contributed by atoms with Crippen molar-refractivity contribution >= 4 is 11.5 Å². The summed E-state index contributed by atoms with van der Waals surface area (Å²) in [5.74, 6) is 0.0180. The van der Waals surface area contributed by atoms with Gasteiger partial charge in [-0.25, -0.2) is 0 Å². The lowest BCUT2D eigenvalue weighted by Gasteiger charge is -2.02. The molecule has 3 heteroatoms. The number of rotatable bonds is 2. The molecular formula is C9H11NO2. The fourth-order valence-electron chi connectivity index (χ4n) is 0.976. The number of aromatic hydroxyl groups is 1. The minimum atomic E-state index is -0.0524. The Balaban J connectivity index is 3.13. The normalized spacial score (nSPS) is 9.75. The summed E-state index contributed by atoms with van der Waals surface area (Å²) in [4.78, 5) is 11.2. The van der Waals surface area contributed by atoms with Gasteiger partial charge in [0.1, 0.15) is 5.75 Å². The molecule has 0 aromatic heterocycles. The predicted octanol–water partition coefficient (Wildman–Crippen LogP) is 1.57. The van der Waals surface area contributed by atoms with Crippen molar-refractivity contribution in [2.24, 2.45) is 0 Å². The number of hydrogen-bond acceptors (Lipinski definition) is 3. The van der Waals surface area contributed by atoms with Gasteiger partial charge < -0.3 is 10.8 Å². The minimum Gasteiger partial charge on any atom is -0.508 e. The summed E-state index contributed by atoms with van der Waals surface area (Å²) in [6.07, 6.45) is 0.396. The van der Waals surface area contributed by atoms with Gasteiger partial charge in [0.25, 0.3) is 0 Å². The van der Waals surface area contributed by atoms with Gasteiger partial charge in [0, 0.05) is 17.7 Å². The zero-order valence-electron chi connectivity index (χ0n) is 6.87. The van der Waals surface area contributed by atoms with Crippen molar-refractivity contribution in [2.45, 2.75) is 13.3 Å². The summed E-state index contributed by atoms with van der Waals surface area (Å²) >= 11 is 0. The van der Waals surface area contributed by atoms with Crippen molar-refractivity contribution in [3.8, 4) is 5.75 Å². The Kier molecular flexibility index (Phi) is 2.33. The molecule has 12 heavy (non-hydrogen) atoms. The number of phenols is 1. The number of Topliss-reactive ketones (excluding diaryl/α,β-unsaturated/α-hetero) is 1. The molecule has 0 heterocycles. The first-order chi connectivity index (χ1) is 5.65. The summed E-state index contributed by atoms with van der Waals surface area (Å²) in [6, 6.07) is 4.38. The van der Waals surface area contributed by atoms with Crippen LogP contribution in [0.25, 0.3) is 0 Å². The average Bonchev–Trinajstić information content (AvgIpc) is 2.08. The quantitative estimate of drug-likeness (QED) is 0.397. The molecule has 0 fully saturated rings. The average molecular weight is 165 g/mol. The Hall–Kier alpha value is -1.51. The molecule has 0 aliphatic carbocycles. The number of carbonyl (C=O) groups is 1. The highest BCUT2D eigenvalue weighted by Crippen LogP contribution is 2.19. The molecule has 0 saturated heterocycles. The summed E-state index contributed by atoms with van der Waals surface area (Å²) in [5.41, 5.74) is 6.35. The highest BCUT2D eigenvalue weighted by atomic mass is 16.3. The molecule has 64 valence electrons. The van der Waals surface area contributed by atoms with Gasteiger partial charge in [-0.15, -0.1) is 0 Å². The van der Waals surface area contributed by atoms with Crippen LogP contribution in [0.1, 0.15) is 23.7 Å². The van der Waals surface area contributed by atoms with Gasteiger partial charge in [-0.1, -0.05) is 6.92 Å². The van der Waals surface area contributed by atoms with E-state index in [1.807, 2.05) is 0 Å². The van der Waals surface area contributed by atoms with E-state index < -0.39 is 0 Å². The maximum atomic E-state index is 11.2. The third kappa shape index (κ3) is 1.56. The van der Waals surface area contributed by atoms with Crippen molar-refractivity contribution in [1.29, 1.82) is 0 Å². The molecule has 1 aromatic carbocycles. The SMILES string of the molecule is CCC(=O)c1cc(O)ccc1N. The largest absolute Gasteiger partial charge is 0.508 e. The molecule has 0 aliphatic rings. The van der Waals surface area contributed by atoms with Crippen LogP contribution in [0.3, 0.4) is 0 Å².